The summed E-state index contributed by atoms with van der Waals surface area (Å²) in [5.74, 6) is 0. The van der Waals surface area contributed by atoms with Crippen LogP contribution in [0.25, 0.3) is 0 Å². The van der Waals surface area contributed by atoms with Crippen LogP contribution in [0, 0.1) is 10.1 Å². The van der Waals surface area contributed by atoms with Crippen molar-refractivity contribution in [1.29, 1.82) is 0 Å². The number of nitro benzene ring substituents is 1. The second kappa shape index (κ2) is 6.42. The number of hydrogen-bond donors (Lipinski definition) is 1. The maximum atomic E-state index is 10.8. The normalized spacial score (nSPS) is 10.6. The van der Waals surface area contributed by atoms with Crippen LogP contribution in [0.5, 0.6) is 0 Å². The molecule has 0 unspecified atom stereocenters. The zero-order valence-electron chi connectivity index (χ0n) is 9.77. The van der Waals surface area contributed by atoms with Crippen LogP contribution in [-0.4, -0.2) is 24.2 Å². The predicted octanol–water partition coefficient (Wildman–Crippen LogP) is 3.09. The Hall–Kier alpha value is -1.33. The topological polar surface area (TPSA) is 64.4 Å². The summed E-state index contributed by atoms with van der Waals surface area (Å²) in [5, 5.41) is 14.2. The molecule has 0 heterocycles. The molecule has 0 radical (unpaired) electrons. The molecule has 17 heavy (non-hydrogen) atoms. The van der Waals surface area contributed by atoms with E-state index in [1.807, 2.05) is 13.8 Å². The molecule has 0 atom stereocenters. The quantitative estimate of drug-likeness (QED) is 0.484. The van der Waals surface area contributed by atoms with E-state index in [-0.39, 0.29) is 11.8 Å². The number of ether oxygens (including phenoxy) is 1. The van der Waals surface area contributed by atoms with Gasteiger partial charge in [0.1, 0.15) is 5.69 Å². The summed E-state index contributed by atoms with van der Waals surface area (Å²) in [5.41, 5.74) is 0.425. The van der Waals surface area contributed by atoms with Crippen molar-refractivity contribution >= 4 is 23.0 Å². The van der Waals surface area contributed by atoms with Crippen molar-refractivity contribution in [2.75, 3.05) is 18.5 Å². The third-order valence-corrected chi connectivity index (χ3v) is 2.26. The van der Waals surface area contributed by atoms with Gasteiger partial charge in [0.05, 0.1) is 17.6 Å². The molecule has 6 heteroatoms. The molecule has 0 spiro atoms. The zero-order chi connectivity index (χ0) is 12.8. The van der Waals surface area contributed by atoms with Gasteiger partial charge in [-0.3, -0.25) is 10.1 Å². The van der Waals surface area contributed by atoms with E-state index in [9.17, 15) is 10.1 Å². The Kier molecular flexibility index (Phi) is 5.18. The van der Waals surface area contributed by atoms with Gasteiger partial charge in [0, 0.05) is 17.6 Å². The van der Waals surface area contributed by atoms with Crippen molar-refractivity contribution in [3.63, 3.8) is 0 Å². The monoisotopic (exact) mass is 258 g/mol. The van der Waals surface area contributed by atoms with Gasteiger partial charge < -0.3 is 10.1 Å². The molecule has 0 aliphatic rings. The lowest BCUT2D eigenvalue weighted by molar-refractivity contribution is -0.384. The highest BCUT2D eigenvalue weighted by Crippen LogP contribution is 2.27. The standard InChI is InChI=1S/C11H15ClN2O3/c1-8(2)17-6-5-13-10-7-9(12)3-4-11(10)14(15)16/h3-4,7-8,13H,5-6H2,1-2H3. The molecule has 1 aromatic rings. The molecule has 1 aromatic carbocycles. The molecule has 0 aliphatic heterocycles. The van der Waals surface area contributed by atoms with Crippen LogP contribution in [-0.2, 0) is 4.74 Å². The molecule has 0 fully saturated rings. The van der Waals surface area contributed by atoms with Crippen molar-refractivity contribution in [2.45, 2.75) is 20.0 Å². The molecular weight excluding hydrogens is 244 g/mol. The number of nitro groups is 1. The summed E-state index contributed by atoms with van der Waals surface area (Å²) in [4.78, 5) is 10.3. The zero-order valence-corrected chi connectivity index (χ0v) is 10.5. The fourth-order valence-electron chi connectivity index (χ4n) is 1.29. The molecule has 0 saturated heterocycles. The highest BCUT2D eigenvalue weighted by Gasteiger charge is 2.13. The minimum atomic E-state index is -0.442. The summed E-state index contributed by atoms with van der Waals surface area (Å²) >= 11 is 5.79. The Bertz CT molecular complexity index is 396. The van der Waals surface area contributed by atoms with Crippen LogP contribution in [0.1, 0.15) is 13.8 Å². The van der Waals surface area contributed by atoms with Crippen LogP contribution in [0.4, 0.5) is 11.4 Å². The second-order valence-electron chi connectivity index (χ2n) is 3.76. The van der Waals surface area contributed by atoms with Gasteiger partial charge in [-0.25, -0.2) is 0 Å². The summed E-state index contributed by atoms with van der Waals surface area (Å²) in [6.45, 7) is 4.85. The van der Waals surface area contributed by atoms with E-state index in [2.05, 4.69) is 5.32 Å². The van der Waals surface area contributed by atoms with Gasteiger partial charge in [-0.2, -0.15) is 0 Å². The maximum Gasteiger partial charge on any atom is 0.292 e. The Morgan fingerprint density at radius 2 is 2.24 bits per heavy atom. The highest BCUT2D eigenvalue weighted by atomic mass is 35.5. The SMILES string of the molecule is CC(C)OCCNc1cc(Cl)ccc1[N+](=O)[O-]. The summed E-state index contributed by atoms with van der Waals surface area (Å²) in [6.07, 6.45) is 0.145. The lowest BCUT2D eigenvalue weighted by Crippen LogP contribution is -2.13. The van der Waals surface area contributed by atoms with Gasteiger partial charge in [0.25, 0.3) is 5.69 Å². The van der Waals surface area contributed by atoms with Crippen LogP contribution >= 0.6 is 11.6 Å². The van der Waals surface area contributed by atoms with Crippen LogP contribution in [0.2, 0.25) is 5.02 Å². The molecule has 94 valence electrons. The van der Waals surface area contributed by atoms with E-state index in [1.165, 1.54) is 18.2 Å². The summed E-state index contributed by atoms with van der Waals surface area (Å²) in [6, 6.07) is 4.42. The van der Waals surface area contributed by atoms with Crippen LogP contribution in [0.3, 0.4) is 0 Å². The minimum absolute atomic E-state index is 0.0129. The van der Waals surface area contributed by atoms with E-state index >= 15 is 0 Å². The Balaban J connectivity index is 2.62. The lowest BCUT2D eigenvalue weighted by atomic mass is 10.2. The number of benzene rings is 1. The molecule has 0 saturated carbocycles. The van der Waals surface area contributed by atoms with Gasteiger partial charge in [-0.1, -0.05) is 11.6 Å². The smallest absolute Gasteiger partial charge is 0.292 e. The third kappa shape index (κ3) is 4.58. The Morgan fingerprint density at radius 1 is 1.53 bits per heavy atom. The first-order valence-corrected chi connectivity index (χ1v) is 5.68. The van der Waals surface area contributed by atoms with Gasteiger partial charge in [-0.15, -0.1) is 0 Å². The molecule has 0 amide bonds. The molecule has 1 rings (SSSR count). The van der Waals surface area contributed by atoms with Crippen molar-refractivity contribution < 1.29 is 9.66 Å². The van der Waals surface area contributed by atoms with E-state index in [0.717, 1.165) is 0 Å². The first-order chi connectivity index (χ1) is 8.00. The van der Waals surface area contributed by atoms with E-state index in [4.69, 9.17) is 16.3 Å². The van der Waals surface area contributed by atoms with Gasteiger partial charge >= 0.3 is 0 Å². The largest absolute Gasteiger partial charge is 0.377 e. The summed E-state index contributed by atoms with van der Waals surface area (Å²) in [7, 11) is 0. The molecule has 1 N–H and O–H groups in total. The van der Waals surface area contributed by atoms with Gasteiger partial charge in [-0.05, 0) is 26.0 Å². The highest BCUT2D eigenvalue weighted by molar-refractivity contribution is 6.31. The number of halogens is 1. The van der Waals surface area contributed by atoms with Crippen molar-refractivity contribution in [3.05, 3.63) is 33.3 Å². The fraction of sp³-hybridized carbons (Fsp3) is 0.455. The van der Waals surface area contributed by atoms with Crippen molar-refractivity contribution in [2.24, 2.45) is 0 Å². The summed E-state index contributed by atoms with van der Waals surface area (Å²) < 4.78 is 5.33. The van der Waals surface area contributed by atoms with Crippen LogP contribution in [0.15, 0.2) is 18.2 Å². The first-order valence-electron chi connectivity index (χ1n) is 5.30. The van der Waals surface area contributed by atoms with E-state index < -0.39 is 4.92 Å². The minimum Gasteiger partial charge on any atom is -0.377 e. The molecule has 5 nitrogen and oxygen atoms in total. The number of nitrogens with zero attached hydrogens (tertiary/aromatic N) is 1. The number of nitrogens with one attached hydrogen (secondary N) is 1. The van der Waals surface area contributed by atoms with Crippen molar-refractivity contribution in [3.8, 4) is 0 Å². The van der Waals surface area contributed by atoms with Gasteiger partial charge in [0.15, 0.2) is 0 Å². The lowest BCUT2D eigenvalue weighted by Gasteiger charge is -2.10. The maximum absolute atomic E-state index is 10.8. The Labute approximate surface area is 105 Å². The first kappa shape index (κ1) is 13.7. The molecule has 0 bridgehead atoms. The third-order valence-electron chi connectivity index (χ3n) is 2.02. The Morgan fingerprint density at radius 3 is 2.82 bits per heavy atom. The molecular formula is C11H15ClN2O3. The van der Waals surface area contributed by atoms with E-state index in [0.29, 0.717) is 23.9 Å². The van der Waals surface area contributed by atoms with Gasteiger partial charge in [0.2, 0.25) is 0 Å². The average molecular weight is 259 g/mol. The van der Waals surface area contributed by atoms with E-state index in [1.54, 1.807) is 0 Å². The molecule has 0 aliphatic carbocycles. The molecule has 0 aromatic heterocycles. The fourth-order valence-corrected chi connectivity index (χ4v) is 1.46. The number of hydrogen-bond acceptors (Lipinski definition) is 4. The van der Waals surface area contributed by atoms with Crippen LogP contribution < -0.4 is 5.32 Å². The number of rotatable bonds is 6. The second-order valence-corrected chi connectivity index (χ2v) is 4.20. The average Bonchev–Trinajstić information content (AvgIpc) is 2.23. The van der Waals surface area contributed by atoms with Crippen molar-refractivity contribution in [1.82, 2.24) is 0 Å². The number of anilines is 1. The predicted molar refractivity (Wildman–Crippen MR) is 67.7 cm³/mol.